The van der Waals surface area contributed by atoms with Crippen molar-refractivity contribution in [3.8, 4) is 5.75 Å². The van der Waals surface area contributed by atoms with Crippen molar-refractivity contribution in [1.29, 1.82) is 0 Å². The van der Waals surface area contributed by atoms with Crippen LogP contribution in [0.2, 0.25) is 0 Å². The number of aryl methyl sites for hydroxylation is 1. The molecule has 0 saturated carbocycles. The third-order valence-corrected chi connectivity index (χ3v) is 3.00. The first-order valence-corrected chi connectivity index (χ1v) is 6.52. The quantitative estimate of drug-likeness (QED) is 0.863. The Morgan fingerprint density at radius 3 is 2.58 bits per heavy atom. The maximum absolute atomic E-state index is 9.31. The third kappa shape index (κ3) is 4.10. The summed E-state index contributed by atoms with van der Waals surface area (Å²) >= 11 is 0. The lowest BCUT2D eigenvalue weighted by molar-refractivity contribution is 0.195. The van der Waals surface area contributed by atoms with Crippen LogP contribution in [0.15, 0.2) is 36.5 Å². The minimum absolute atomic E-state index is 0.309. The Morgan fingerprint density at radius 2 is 2.00 bits per heavy atom. The highest BCUT2D eigenvalue weighted by molar-refractivity contribution is 5.27. The fourth-order valence-electron chi connectivity index (χ4n) is 1.98. The zero-order valence-corrected chi connectivity index (χ0v) is 11.4. The van der Waals surface area contributed by atoms with Gasteiger partial charge in [-0.05, 0) is 37.1 Å². The summed E-state index contributed by atoms with van der Waals surface area (Å²) < 4.78 is 7.55. The molecule has 1 aromatic heterocycles. The molecule has 2 aromatic rings. The SMILES string of the molecule is CC(O)Cc1ccc(OCCc2ccnn2C)cc1. The molecule has 0 saturated heterocycles. The molecule has 0 aliphatic rings. The van der Waals surface area contributed by atoms with E-state index in [4.69, 9.17) is 4.74 Å². The van der Waals surface area contributed by atoms with Crippen LogP contribution in [0, 0.1) is 0 Å². The summed E-state index contributed by atoms with van der Waals surface area (Å²) in [5.41, 5.74) is 2.28. The molecule has 1 atom stereocenters. The van der Waals surface area contributed by atoms with Gasteiger partial charge in [-0.2, -0.15) is 5.10 Å². The van der Waals surface area contributed by atoms with Crippen LogP contribution in [0.5, 0.6) is 5.75 Å². The molecule has 4 nitrogen and oxygen atoms in total. The first-order chi connectivity index (χ1) is 9.15. The predicted octanol–water partition coefficient (Wildman–Crippen LogP) is 1.96. The van der Waals surface area contributed by atoms with Crippen LogP contribution in [-0.4, -0.2) is 27.6 Å². The maximum atomic E-state index is 9.31. The first-order valence-electron chi connectivity index (χ1n) is 6.52. The van der Waals surface area contributed by atoms with Crippen LogP contribution < -0.4 is 4.74 Å². The van der Waals surface area contributed by atoms with Crippen LogP contribution in [0.3, 0.4) is 0 Å². The molecule has 0 spiro atoms. The minimum Gasteiger partial charge on any atom is -0.493 e. The smallest absolute Gasteiger partial charge is 0.119 e. The van der Waals surface area contributed by atoms with Gasteiger partial charge in [0.25, 0.3) is 0 Å². The van der Waals surface area contributed by atoms with Gasteiger partial charge in [0.15, 0.2) is 0 Å². The zero-order chi connectivity index (χ0) is 13.7. The van der Waals surface area contributed by atoms with E-state index >= 15 is 0 Å². The average molecular weight is 260 g/mol. The molecule has 0 aliphatic carbocycles. The molecule has 0 aliphatic heterocycles. The van der Waals surface area contributed by atoms with Gasteiger partial charge in [-0.25, -0.2) is 0 Å². The number of hydrogen-bond donors (Lipinski definition) is 1. The molecule has 1 aromatic carbocycles. The monoisotopic (exact) mass is 260 g/mol. The Kier molecular flexibility index (Phi) is 4.58. The second-order valence-electron chi connectivity index (χ2n) is 4.74. The van der Waals surface area contributed by atoms with E-state index in [0.717, 1.165) is 23.4 Å². The Bertz CT molecular complexity index is 503. The van der Waals surface area contributed by atoms with E-state index < -0.39 is 0 Å². The van der Waals surface area contributed by atoms with Crippen molar-refractivity contribution in [2.45, 2.75) is 25.9 Å². The van der Waals surface area contributed by atoms with Gasteiger partial charge < -0.3 is 9.84 Å². The molecule has 1 unspecified atom stereocenters. The van der Waals surface area contributed by atoms with Crippen molar-refractivity contribution < 1.29 is 9.84 Å². The number of benzene rings is 1. The zero-order valence-electron chi connectivity index (χ0n) is 11.4. The van der Waals surface area contributed by atoms with Crippen LogP contribution in [0.4, 0.5) is 0 Å². The van der Waals surface area contributed by atoms with Gasteiger partial charge in [-0.15, -0.1) is 0 Å². The molecule has 1 N–H and O–H groups in total. The van der Waals surface area contributed by atoms with E-state index in [0.29, 0.717) is 13.0 Å². The Hall–Kier alpha value is -1.81. The van der Waals surface area contributed by atoms with Gasteiger partial charge in [0.05, 0.1) is 12.7 Å². The lowest BCUT2D eigenvalue weighted by Crippen LogP contribution is -2.06. The molecule has 0 radical (unpaired) electrons. The largest absolute Gasteiger partial charge is 0.493 e. The Labute approximate surface area is 113 Å². The van der Waals surface area contributed by atoms with Gasteiger partial charge >= 0.3 is 0 Å². The van der Waals surface area contributed by atoms with E-state index in [1.165, 1.54) is 0 Å². The van der Waals surface area contributed by atoms with E-state index in [-0.39, 0.29) is 6.10 Å². The van der Waals surface area contributed by atoms with Crippen molar-refractivity contribution in [2.24, 2.45) is 7.05 Å². The number of hydrogen-bond acceptors (Lipinski definition) is 3. The van der Waals surface area contributed by atoms with E-state index in [1.807, 2.05) is 42.1 Å². The van der Waals surface area contributed by atoms with Crippen molar-refractivity contribution in [1.82, 2.24) is 9.78 Å². The molecular formula is C15H20N2O2. The summed E-state index contributed by atoms with van der Waals surface area (Å²) in [5.74, 6) is 0.858. The minimum atomic E-state index is -0.309. The molecule has 2 rings (SSSR count). The molecule has 0 amide bonds. The summed E-state index contributed by atoms with van der Waals surface area (Å²) in [6, 6.07) is 9.87. The molecular weight excluding hydrogens is 240 g/mol. The molecule has 0 fully saturated rings. The van der Waals surface area contributed by atoms with E-state index in [9.17, 15) is 5.11 Å². The maximum Gasteiger partial charge on any atom is 0.119 e. The third-order valence-electron chi connectivity index (χ3n) is 3.00. The lowest BCUT2D eigenvalue weighted by atomic mass is 10.1. The summed E-state index contributed by atoms with van der Waals surface area (Å²) in [6.45, 7) is 2.42. The molecule has 1 heterocycles. The second-order valence-corrected chi connectivity index (χ2v) is 4.74. The van der Waals surface area contributed by atoms with Gasteiger partial charge in [0.2, 0.25) is 0 Å². The molecule has 4 heteroatoms. The topological polar surface area (TPSA) is 47.3 Å². The fraction of sp³-hybridized carbons (Fsp3) is 0.400. The molecule has 0 bridgehead atoms. The molecule has 19 heavy (non-hydrogen) atoms. The summed E-state index contributed by atoms with van der Waals surface area (Å²) in [4.78, 5) is 0. The van der Waals surface area contributed by atoms with Crippen LogP contribution in [0.1, 0.15) is 18.2 Å². The van der Waals surface area contributed by atoms with Crippen LogP contribution >= 0.6 is 0 Å². The highest BCUT2D eigenvalue weighted by Crippen LogP contribution is 2.14. The van der Waals surface area contributed by atoms with Crippen molar-refractivity contribution >= 4 is 0 Å². The Balaban J connectivity index is 1.81. The van der Waals surface area contributed by atoms with Gasteiger partial charge in [0.1, 0.15) is 5.75 Å². The van der Waals surface area contributed by atoms with Gasteiger partial charge in [-0.3, -0.25) is 4.68 Å². The number of aromatic nitrogens is 2. The second kappa shape index (κ2) is 6.38. The summed E-state index contributed by atoms with van der Waals surface area (Å²) in [6.07, 6.45) is 3.00. The highest BCUT2D eigenvalue weighted by atomic mass is 16.5. The number of aliphatic hydroxyl groups is 1. The standard InChI is InChI=1S/C15H20N2O2/c1-12(18)11-13-3-5-15(6-4-13)19-10-8-14-7-9-16-17(14)2/h3-7,9,12,18H,8,10-11H2,1-2H3. The van der Waals surface area contributed by atoms with E-state index in [1.54, 1.807) is 13.1 Å². The summed E-state index contributed by atoms with van der Waals surface area (Å²) in [7, 11) is 1.93. The average Bonchev–Trinajstić information content (AvgIpc) is 2.77. The van der Waals surface area contributed by atoms with Crippen LogP contribution in [0.25, 0.3) is 0 Å². The van der Waals surface area contributed by atoms with Gasteiger partial charge in [0, 0.05) is 25.4 Å². The number of ether oxygens (including phenoxy) is 1. The van der Waals surface area contributed by atoms with Gasteiger partial charge in [-0.1, -0.05) is 12.1 Å². The number of nitrogens with zero attached hydrogens (tertiary/aromatic N) is 2. The van der Waals surface area contributed by atoms with Crippen molar-refractivity contribution in [3.63, 3.8) is 0 Å². The lowest BCUT2D eigenvalue weighted by Gasteiger charge is -2.08. The number of rotatable bonds is 6. The Morgan fingerprint density at radius 1 is 1.26 bits per heavy atom. The predicted molar refractivity (Wildman–Crippen MR) is 74.2 cm³/mol. The van der Waals surface area contributed by atoms with Crippen molar-refractivity contribution in [3.05, 3.63) is 47.8 Å². The fourth-order valence-corrected chi connectivity index (χ4v) is 1.98. The van der Waals surface area contributed by atoms with E-state index in [2.05, 4.69) is 5.10 Å². The van der Waals surface area contributed by atoms with Crippen molar-refractivity contribution in [2.75, 3.05) is 6.61 Å². The summed E-state index contributed by atoms with van der Waals surface area (Å²) in [5, 5.41) is 13.4. The van der Waals surface area contributed by atoms with Crippen LogP contribution in [-0.2, 0) is 19.9 Å². The first kappa shape index (κ1) is 13.6. The normalized spacial score (nSPS) is 12.4. The molecule has 102 valence electrons. The number of aliphatic hydroxyl groups excluding tert-OH is 1. The highest BCUT2D eigenvalue weighted by Gasteiger charge is 2.01.